The summed E-state index contributed by atoms with van der Waals surface area (Å²) in [6.45, 7) is 8.29. The topological polar surface area (TPSA) is 154 Å². The van der Waals surface area contributed by atoms with Gasteiger partial charge in [-0.2, -0.15) is 0 Å². The third kappa shape index (κ3) is 11.6. The predicted molar refractivity (Wildman–Crippen MR) is 91.9 cm³/mol. The lowest BCUT2D eigenvalue weighted by Crippen LogP contribution is -2.38. The number of aliphatic carboxylic acids is 1. The molecule has 0 saturated carbocycles. The average molecular weight is 392 g/mol. The van der Waals surface area contributed by atoms with Crippen LogP contribution in [0, 0.1) is 27.9 Å². The number of nitrogens with one attached hydrogen (secondary N) is 1. The maximum absolute atomic E-state index is 11.9. The molecule has 0 aliphatic heterocycles. The van der Waals surface area contributed by atoms with Crippen molar-refractivity contribution in [3.63, 3.8) is 0 Å². The number of carboxylic acids is 1. The fraction of sp³-hybridized carbons (Fsp3) is 0.812. The molecule has 0 aromatic rings. The van der Waals surface area contributed by atoms with Crippen LogP contribution in [-0.2, 0) is 23.9 Å². The van der Waals surface area contributed by atoms with Crippen molar-refractivity contribution in [3.8, 4) is 0 Å². The highest BCUT2D eigenvalue weighted by molar-refractivity contribution is 5.75. The molecule has 0 aliphatic rings. The van der Waals surface area contributed by atoms with Gasteiger partial charge in [-0.05, 0) is 24.2 Å². The van der Waals surface area contributed by atoms with Crippen LogP contribution in [0.15, 0.2) is 0 Å². The van der Waals surface area contributed by atoms with Crippen molar-refractivity contribution >= 4 is 18.0 Å². The Bertz CT molecular complexity index is 522. The van der Waals surface area contributed by atoms with Gasteiger partial charge >= 0.3 is 18.0 Å². The lowest BCUT2D eigenvalue weighted by molar-refractivity contribution is -0.766. The van der Waals surface area contributed by atoms with E-state index in [9.17, 15) is 24.5 Å². The maximum atomic E-state index is 11.9. The Kier molecular flexibility index (Phi) is 10.8. The molecule has 0 spiro atoms. The van der Waals surface area contributed by atoms with Gasteiger partial charge in [0.2, 0.25) is 12.4 Å². The molecule has 0 aliphatic carbocycles. The summed E-state index contributed by atoms with van der Waals surface area (Å²) in [7, 11) is 0. The highest BCUT2D eigenvalue weighted by Crippen LogP contribution is 2.15. The molecule has 27 heavy (non-hydrogen) atoms. The summed E-state index contributed by atoms with van der Waals surface area (Å²) in [6, 6.07) is 0. The van der Waals surface area contributed by atoms with Crippen molar-refractivity contribution in [1.29, 1.82) is 0 Å². The highest BCUT2D eigenvalue weighted by Gasteiger charge is 2.30. The number of carboxylic acid groups (broad SMARTS) is 1. The van der Waals surface area contributed by atoms with E-state index in [0.29, 0.717) is 6.42 Å². The van der Waals surface area contributed by atoms with E-state index in [4.69, 9.17) is 14.6 Å². The number of amides is 1. The summed E-state index contributed by atoms with van der Waals surface area (Å²) in [5.74, 6) is -2.56. The first-order chi connectivity index (χ1) is 12.4. The number of hydrogen-bond donors (Lipinski definition) is 2. The number of carbonyl (C=O) groups excluding carboxylic acids is 2. The highest BCUT2D eigenvalue weighted by atomic mass is 17.0. The molecule has 0 rings (SSSR count). The van der Waals surface area contributed by atoms with Crippen LogP contribution >= 0.6 is 0 Å². The van der Waals surface area contributed by atoms with Gasteiger partial charge in [-0.25, -0.2) is 9.59 Å². The van der Waals surface area contributed by atoms with E-state index < -0.39 is 41.4 Å². The van der Waals surface area contributed by atoms with Crippen LogP contribution in [0.25, 0.3) is 0 Å². The lowest BCUT2D eigenvalue weighted by Gasteiger charge is -2.21. The Balaban J connectivity index is 4.52. The third-order valence-electron chi connectivity index (χ3n) is 3.40. The van der Waals surface area contributed by atoms with Crippen LogP contribution in [0.4, 0.5) is 4.79 Å². The van der Waals surface area contributed by atoms with Gasteiger partial charge in [0.25, 0.3) is 5.09 Å². The van der Waals surface area contributed by atoms with Crippen molar-refractivity contribution in [3.05, 3.63) is 10.1 Å². The fourth-order valence-corrected chi connectivity index (χ4v) is 2.36. The second-order valence-corrected chi connectivity index (χ2v) is 6.88. The largest absolute Gasteiger partial charge is 0.481 e. The minimum atomic E-state index is -1.44. The van der Waals surface area contributed by atoms with Gasteiger partial charge in [0.05, 0.1) is 0 Å². The van der Waals surface area contributed by atoms with Crippen LogP contribution < -0.4 is 5.32 Å². The number of carbonyl (C=O) groups is 3. The van der Waals surface area contributed by atoms with Gasteiger partial charge in [0, 0.05) is 19.9 Å². The Morgan fingerprint density at radius 1 is 1.11 bits per heavy atom. The van der Waals surface area contributed by atoms with Crippen molar-refractivity contribution in [2.45, 2.75) is 59.9 Å². The summed E-state index contributed by atoms with van der Waals surface area (Å²) < 4.78 is 9.69. The second kappa shape index (κ2) is 11.9. The van der Waals surface area contributed by atoms with Crippen LogP contribution in [0.2, 0.25) is 0 Å². The Labute approximate surface area is 157 Å². The number of ether oxygens (including phenoxy) is 2. The number of alkyl carbamates (subject to hydrolysis) is 1. The maximum Gasteiger partial charge on any atom is 0.410 e. The Morgan fingerprint density at radius 2 is 1.70 bits per heavy atom. The third-order valence-corrected chi connectivity index (χ3v) is 3.40. The SMILES string of the molecule is CC(C)CC(CNC(=O)OC(C)OC(=O)C(O[N+](=O)[O-])C(C)C)CC(=O)O. The van der Waals surface area contributed by atoms with E-state index in [1.807, 2.05) is 13.8 Å². The zero-order valence-electron chi connectivity index (χ0n) is 16.2. The second-order valence-electron chi connectivity index (χ2n) is 6.88. The van der Waals surface area contributed by atoms with E-state index in [1.165, 1.54) is 20.8 Å². The van der Waals surface area contributed by atoms with Gasteiger partial charge in [0.15, 0.2) is 0 Å². The number of esters is 1. The zero-order valence-corrected chi connectivity index (χ0v) is 16.2. The van der Waals surface area contributed by atoms with Crippen LogP contribution in [0.1, 0.15) is 47.5 Å². The lowest BCUT2D eigenvalue weighted by atomic mass is 9.94. The monoisotopic (exact) mass is 392 g/mol. The molecule has 3 unspecified atom stereocenters. The minimum absolute atomic E-state index is 0.0863. The van der Waals surface area contributed by atoms with Crippen LogP contribution in [-0.4, -0.2) is 47.2 Å². The Morgan fingerprint density at radius 3 is 2.15 bits per heavy atom. The molecule has 2 N–H and O–H groups in total. The first kappa shape index (κ1) is 24.4. The molecule has 0 radical (unpaired) electrons. The molecule has 11 nitrogen and oxygen atoms in total. The quantitative estimate of drug-likeness (QED) is 0.219. The molecule has 0 bridgehead atoms. The van der Waals surface area contributed by atoms with Gasteiger partial charge < -0.3 is 19.9 Å². The van der Waals surface area contributed by atoms with Crippen LogP contribution in [0.3, 0.4) is 0 Å². The molecule has 0 aromatic heterocycles. The summed E-state index contributed by atoms with van der Waals surface area (Å²) in [5, 5.41) is 20.7. The average Bonchev–Trinajstić information content (AvgIpc) is 2.48. The molecule has 0 saturated heterocycles. The van der Waals surface area contributed by atoms with Crippen molar-refractivity contribution < 1.29 is 38.9 Å². The minimum Gasteiger partial charge on any atom is -0.481 e. The molecule has 11 heteroatoms. The van der Waals surface area contributed by atoms with Crippen molar-refractivity contribution in [2.75, 3.05) is 6.54 Å². The molecule has 156 valence electrons. The van der Waals surface area contributed by atoms with Crippen LogP contribution in [0.5, 0.6) is 0 Å². The summed E-state index contributed by atoms with van der Waals surface area (Å²) in [6.07, 6.45) is -3.15. The normalized spacial score (nSPS) is 14.2. The van der Waals surface area contributed by atoms with Gasteiger partial charge in [-0.1, -0.05) is 27.7 Å². The van der Waals surface area contributed by atoms with E-state index in [0.717, 1.165) is 0 Å². The van der Waals surface area contributed by atoms with Gasteiger partial charge in [0.1, 0.15) is 0 Å². The van der Waals surface area contributed by atoms with E-state index >= 15 is 0 Å². The molecular weight excluding hydrogens is 364 g/mol. The molecule has 0 aromatic carbocycles. The molecule has 0 fully saturated rings. The fourth-order valence-electron chi connectivity index (χ4n) is 2.36. The molecule has 0 heterocycles. The van der Waals surface area contributed by atoms with E-state index in [1.54, 1.807) is 0 Å². The standard InChI is InChI=1S/C16H28N2O9/c1-9(2)6-12(7-13(19)20)8-17-16(22)26-11(5)25-15(21)14(10(3)4)27-18(23)24/h9-12,14H,6-8H2,1-5H3,(H,17,22)(H,19,20). The molecular formula is C16H28N2O9. The first-order valence-electron chi connectivity index (χ1n) is 8.60. The van der Waals surface area contributed by atoms with Crippen molar-refractivity contribution in [1.82, 2.24) is 5.32 Å². The molecule has 3 atom stereocenters. The predicted octanol–water partition coefficient (Wildman–Crippen LogP) is 1.97. The van der Waals surface area contributed by atoms with E-state index in [-0.39, 0.29) is 24.8 Å². The van der Waals surface area contributed by atoms with Gasteiger partial charge in [-0.15, -0.1) is 10.1 Å². The Hall–Kier alpha value is -2.59. The van der Waals surface area contributed by atoms with Crippen molar-refractivity contribution in [2.24, 2.45) is 17.8 Å². The van der Waals surface area contributed by atoms with Gasteiger partial charge in [-0.3, -0.25) is 9.63 Å². The summed E-state index contributed by atoms with van der Waals surface area (Å²) >= 11 is 0. The smallest absolute Gasteiger partial charge is 0.410 e. The number of hydrogen-bond acceptors (Lipinski definition) is 8. The number of nitrogens with zero attached hydrogens (tertiary/aromatic N) is 1. The van der Waals surface area contributed by atoms with E-state index in [2.05, 4.69) is 10.2 Å². The summed E-state index contributed by atoms with van der Waals surface area (Å²) in [5.41, 5.74) is 0. The zero-order chi connectivity index (χ0) is 21.1. The number of rotatable bonds is 12. The first-order valence-corrected chi connectivity index (χ1v) is 8.60. The summed E-state index contributed by atoms with van der Waals surface area (Å²) in [4.78, 5) is 49.2. The molecule has 1 amide bonds.